The second-order valence-electron chi connectivity index (χ2n) is 5.87. The SMILES string of the molecule is CN(CC1(N(C)C)CCC1)C(=O)c1ccnc(C(=O)O)c1. The van der Waals surface area contributed by atoms with Gasteiger partial charge in [0.05, 0.1) is 0 Å². The molecule has 0 radical (unpaired) electrons. The molecule has 0 saturated heterocycles. The van der Waals surface area contributed by atoms with Crippen LogP contribution in [0.1, 0.15) is 40.1 Å². The van der Waals surface area contributed by atoms with Gasteiger partial charge in [0.25, 0.3) is 5.91 Å². The minimum Gasteiger partial charge on any atom is -0.477 e. The molecule has 1 aromatic heterocycles. The lowest BCUT2D eigenvalue weighted by Crippen LogP contribution is -2.57. The molecular weight excluding hydrogens is 270 g/mol. The number of pyridine rings is 1. The number of likely N-dealkylation sites (N-methyl/N-ethyl adjacent to an activating group) is 2. The maximum absolute atomic E-state index is 12.4. The van der Waals surface area contributed by atoms with Crippen LogP contribution >= 0.6 is 0 Å². The molecule has 1 saturated carbocycles. The molecule has 1 fully saturated rings. The zero-order valence-electron chi connectivity index (χ0n) is 12.7. The van der Waals surface area contributed by atoms with Gasteiger partial charge in [-0.25, -0.2) is 9.78 Å². The molecule has 6 nitrogen and oxygen atoms in total. The molecule has 0 unspecified atom stereocenters. The van der Waals surface area contributed by atoms with E-state index >= 15 is 0 Å². The first-order valence-corrected chi connectivity index (χ1v) is 6.98. The molecular formula is C15H21N3O3. The van der Waals surface area contributed by atoms with Crippen molar-refractivity contribution in [2.75, 3.05) is 27.7 Å². The summed E-state index contributed by atoms with van der Waals surface area (Å²) in [5, 5.41) is 8.94. The third-order valence-electron chi connectivity index (χ3n) is 4.34. The summed E-state index contributed by atoms with van der Waals surface area (Å²) in [5.74, 6) is -1.30. The zero-order valence-corrected chi connectivity index (χ0v) is 12.7. The lowest BCUT2D eigenvalue weighted by molar-refractivity contribution is 0.0252. The van der Waals surface area contributed by atoms with Crippen LogP contribution in [0.25, 0.3) is 0 Å². The Kier molecular flexibility index (Phi) is 4.27. The van der Waals surface area contributed by atoms with Crippen LogP contribution in [0, 0.1) is 0 Å². The number of carboxylic acids is 1. The van der Waals surface area contributed by atoms with Crippen molar-refractivity contribution in [3.05, 3.63) is 29.6 Å². The van der Waals surface area contributed by atoms with Crippen molar-refractivity contribution in [1.29, 1.82) is 0 Å². The molecule has 1 aliphatic rings. The highest BCUT2D eigenvalue weighted by Crippen LogP contribution is 2.36. The Balaban J connectivity index is 2.12. The molecule has 0 aliphatic heterocycles. The van der Waals surface area contributed by atoms with E-state index in [2.05, 4.69) is 9.88 Å². The van der Waals surface area contributed by atoms with Crippen molar-refractivity contribution >= 4 is 11.9 Å². The number of hydrogen-bond acceptors (Lipinski definition) is 4. The predicted molar refractivity (Wildman–Crippen MR) is 78.4 cm³/mol. The molecule has 1 heterocycles. The van der Waals surface area contributed by atoms with Crippen LogP contribution in [-0.2, 0) is 0 Å². The van der Waals surface area contributed by atoms with E-state index < -0.39 is 5.97 Å². The van der Waals surface area contributed by atoms with Crippen molar-refractivity contribution in [3.63, 3.8) is 0 Å². The Morgan fingerprint density at radius 1 is 1.33 bits per heavy atom. The molecule has 0 spiro atoms. The van der Waals surface area contributed by atoms with Crippen molar-refractivity contribution < 1.29 is 14.7 Å². The van der Waals surface area contributed by atoms with Crippen molar-refractivity contribution in [1.82, 2.24) is 14.8 Å². The van der Waals surface area contributed by atoms with Crippen LogP contribution in [0.5, 0.6) is 0 Å². The fraction of sp³-hybridized carbons (Fsp3) is 0.533. The first kappa shape index (κ1) is 15.4. The first-order valence-electron chi connectivity index (χ1n) is 6.98. The number of carbonyl (C=O) groups excluding carboxylic acids is 1. The average Bonchev–Trinajstić information content (AvgIpc) is 2.41. The summed E-state index contributed by atoms with van der Waals surface area (Å²) in [6.45, 7) is 0.642. The molecule has 1 amide bonds. The Hall–Kier alpha value is -1.95. The summed E-state index contributed by atoms with van der Waals surface area (Å²) < 4.78 is 0. The summed E-state index contributed by atoms with van der Waals surface area (Å²) in [7, 11) is 5.83. The highest BCUT2D eigenvalue weighted by Gasteiger charge is 2.40. The van der Waals surface area contributed by atoms with Crippen LogP contribution in [-0.4, -0.2) is 65.0 Å². The van der Waals surface area contributed by atoms with E-state index in [1.807, 2.05) is 14.1 Å². The number of nitrogens with zero attached hydrogens (tertiary/aromatic N) is 3. The van der Waals surface area contributed by atoms with Gasteiger partial charge in [-0.15, -0.1) is 0 Å². The van der Waals surface area contributed by atoms with Crippen molar-refractivity contribution in [3.8, 4) is 0 Å². The van der Waals surface area contributed by atoms with E-state index in [0.717, 1.165) is 12.8 Å². The molecule has 114 valence electrons. The Labute approximate surface area is 124 Å². The molecule has 1 aromatic rings. The van der Waals surface area contributed by atoms with Gasteiger partial charge in [0.15, 0.2) is 0 Å². The van der Waals surface area contributed by atoms with E-state index in [9.17, 15) is 9.59 Å². The minimum atomic E-state index is -1.13. The smallest absolute Gasteiger partial charge is 0.354 e. The number of carboxylic acid groups (broad SMARTS) is 1. The van der Waals surface area contributed by atoms with E-state index in [-0.39, 0.29) is 17.1 Å². The summed E-state index contributed by atoms with van der Waals surface area (Å²) in [6.07, 6.45) is 4.69. The van der Waals surface area contributed by atoms with Gasteiger partial charge in [0.1, 0.15) is 5.69 Å². The summed E-state index contributed by atoms with van der Waals surface area (Å²) in [4.78, 5) is 30.9. The summed E-state index contributed by atoms with van der Waals surface area (Å²) >= 11 is 0. The van der Waals surface area contributed by atoms with Gasteiger partial charge in [-0.05, 0) is 45.5 Å². The average molecular weight is 291 g/mol. The monoisotopic (exact) mass is 291 g/mol. The lowest BCUT2D eigenvalue weighted by atomic mass is 9.75. The molecule has 0 atom stereocenters. The van der Waals surface area contributed by atoms with Gasteiger partial charge in [-0.1, -0.05) is 0 Å². The van der Waals surface area contributed by atoms with Gasteiger partial charge < -0.3 is 14.9 Å². The maximum Gasteiger partial charge on any atom is 0.354 e. The lowest BCUT2D eigenvalue weighted by Gasteiger charge is -2.49. The highest BCUT2D eigenvalue weighted by molar-refractivity contribution is 5.96. The van der Waals surface area contributed by atoms with Crippen LogP contribution in [0.2, 0.25) is 0 Å². The maximum atomic E-state index is 12.4. The van der Waals surface area contributed by atoms with Crippen LogP contribution in [0.4, 0.5) is 0 Å². The minimum absolute atomic E-state index is 0.0487. The topological polar surface area (TPSA) is 73.7 Å². The van der Waals surface area contributed by atoms with Gasteiger partial charge in [-0.3, -0.25) is 4.79 Å². The number of carbonyl (C=O) groups is 2. The van der Waals surface area contributed by atoms with Crippen LogP contribution in [0.15, 0.2) is 18.3 Å². The second-order valence-corrected chi connectivity index (χ2v) is 5.87. The molecule has 0 bridgehead atoms. The Morgan fingerprint density at radius 3 is 2.48 bits per heavy atom. The van der Waals surface area contributed by atoms with Crippen molar-refractivity contribution in [2.45, 2.75) is 24.8 Å². The highest BCUT2D eigenvalue weighted by atomic mass is 16.4. The van der Waals surface area contributed by atoms with Crippen LogP contribution < -0.4 is 0 Å². The van der Waals surface area contributed by atoms with Gasteiger partial charge in [0, 0.05) is 30.9 Å². The van der Waals surface area contributed by atoms with Gasteiger partial charge >= 0.3 is 5.97 Å². The largest absolute Gasteiger partial charge is 0.477 e. The predicted octanol–water partition coefficient (Wildman–Crippen LogP) is 1.34. The van der Waals surface area contributed by atoms with E-state index in [4.69, 9.17) is 5.11 Å². The number of hydrogen-bond donors (Lipinski definition) is 1. The van der Waals surface area contributed by atoms with Crippen LogP contribution in [0.3, 0.4) is 0 Å². The second kappa shape index (κ2) is 5.81. The van der Waals surface area contributed by atoms with E-state index in [1.54, 1.807) is 18.0 Å². The number of rotatable bonds is 5. The third kappa shape index (κ3) is 3.05. The van der Waals surface area contributed by atoms with E-state index in [0.29, 0.717) is 12.1 Å². The number of aromatic carboxylic acids is 1. The summed E-state index contributed by atoms with van der Waals surface area (Å²) in [5.41, 5.74) is 0.297. The fourth-order valence-electron chi connectivity index (χ4n) is 2.75. The molecule has 6 heteroatoms. The quantitative estimate of drug-likeness (QED) is 0.886. The normalized spacial score (nSPS) is 16.4. The molecule has 1 aliphatic carbocycles. The first-order chi connectivity index (χ1) is 9.85. The standard InChI is InChI=1S/C15H21N3O3/c1-17(2)15(6-4-7-15)10-18(3)13(19)11-5-8-16-12(9-11)14(20)21/h5,8-9H,4,6-7,10H2,1-3H3,(H,20,21). The molecule has 21 heavy (non-hydrogen) atoms. The molecule has 0 aromatic carbocycles. The third-order valence-corrected chi connectivity index (χ3v) is 4.34. The molecule has 2 rings (SSSR count). The summed E-state index contributed by atoms with van der Waals surface area (Å²) in [6, 6.07) is 2.87. The van der Waals surface area contributed by atoms with E-state index in [1.165, 1.54) is 18.7 Å². The van der Waals surface area contributed by atoms with Gasteiger partial charge in [-0.2, -0.15) is 0 Å². The number of aromatic nitrogens is 1. The zero-order chi connectivity index (χ0) is 15.6. The van der Waals surface area contributed by atoms with Gasteiger partial charge in [0.2, 0.25) is 0 Å². The Bertz CT molecular complexity index is 553. The van der Waals surface area contributed by atoms with Crippen molar-refractivity contribution in [2.24, 2.45) is 0 Å². The molecule has 1 N–H and O–H groups in total. The fourth-order valence-corrected chi connectivity index (χ4v) is 2.75. The number of amides is 1. The Morgan fingerprint density at radius 2 is 2.00 bits per heavy atom.